The van der Waals surface area contributed by atoms with Crippen molar-refractivity contribution in [3.05, 3.63) is 12.7 Å². The molecule has 63 heavy (non-hydrogen) atoms. The number of carboxylic acid groups (broad SMARTS) is 3. The Bertz CT molecular complexity index is 907. The Balaban J connectivity index is -0.000000125. The molecule has 0 bridgehead atoms. The predicted octanol–water partition coefficient (Wildman–Crippen LogP) is 5.36. The molecule has 0 spiro atoms. The summed E-state index contributed by atoms with van der Waals surface area (Å²) >= 11 is 0. The van der Waals surface area contributed by atoms with Crippen LogP contribution >= 0.6 is 0 Å². The fourth-order valence-corrected chi connectivity index (χ4v) is 5.21. The molecule has 8 N–H and O–H groups in total. The SMILES string of the molecule is C=CC(=O)O.CC(=O)[O-].CCCCN(CCCC)CCC(=O)NC.CCCCN(CCCC)CCC(=O)O.CCCCNCCCC.CCCC[NH+](CCCC)CCC(=O)NC.O. The number of quaternary nitrogens is 1. The maximum atomic E-state index is 11.1. The Labute approximate surface area is 387 Å². The van der Waals surface area contributed by atoms with Gasteiger partial charge < -0.3 is 56.2 Å². The zero-order valence-electron chi connectivity index (χ0n) is 42.7. The highest BCUT2D eigenvalue weighted by molar-refractivity contribution is 5.78. The minimum Gasteiger partial charge on any atom is -0.550 e. The lowest BCUT2D eigenvalue weighted by molar-refractivity contribution is -0.900. The lowest BCUT2D eigenvalue weighted by Crippen LogP contribution is -3.12. The van der Waals surface area contributed by atoms with E-state index >= 15 is 0 Å². The van der Waals surface area contributed by atoms with Crippen molar-refractivity contribution in [2.75, 3.05) is 86.1 Å². The van der Waals surface area contributed by atoms with Gasteiger partial charge in [-0.05, 0) is 97.6 Å². The van der Waals surface area contributed by atoms with E-state index in [1.807, 2.05) is 0 Å². The molecule has 0 atom stereocenters. The van der Waals surface area contributed by atoms with Gasteiger partial charge in [-0.2, -0.15) is 0 Å². The second-order valence-corrected chi connectivity index (χ2v) is 15.3. The fourth-order valence-electron chi connectivity index (χ4n) is 5.21. The lowest BCUT2D eigenvalue weighted by atomic mass is 10.2. The van der Waals surface area contributed by atoms with Crippen LogP contribution in [0.3, 0.4) is 0 Å². The van der Waals surface area contributed by atoms with Crippen molar-refractivity contribution in [1.82, 2.24) is 25.8 Å². The molecule has 15 heteroatoms. The summed E-state index contributed by atoms with van der Waals surface area (Å²) in [6.45, 7) is 33.3. The van der Waals surface area contributed by atoms with Crippen LogP contribution in [0.2, 0.25) is 0 Å². The number of carbonyl (C=O) groups is 5. The number of nitrogens with zero attached hydrogens (tertiary/aromatic N) is 2. The first-order valence-corrected chi connectivity index (χ1v) is 24.3. The minimum atomic E-state index is -1.08. The quantitative estimate of drug-likeness (QED) is 0.0356. The third-order valence-electron chi connectivity index (χ3n) is 9.23. The number of unbranched alkanes of at least 4 members (excludes halogenated alkanes) is 8. The molecule has 0 saturated heterocycles. The summed E-state index contributed by atoms with van der Waals surface area (Å²) in [5.41, 5.74) is 0. The van der Waals surface area contributed by atoms with E-state index in [4.69, 9.17) is 20.1 Å². The van der Waals surface area contributed by atoms with Crippen molar-refractivity contribution < 1.29 is 49.7 Å². The summed E-state index contributed by atoms with van der Waals surface area (Å²) in [4.78, 5) is 57.1. The van der Waals surface area contributed by atoms with E-state index in [2.05, 4.69) is 87.7 Å². The molecule has 0 aliphatic rings. The molecule has 0 rings (SSSR count). The Kier molecular flexibility index (Phi) is 77.2. The van der Waals surface area contributed by atoms with Crippen molar-refractivity contribution in [2.45, 2.75) is 184 Å². The average molecular weight is 909 g/mol. The largest absolute Gasteiger partial charge is 0.550 e. The number of hydrogen-bond donors (Lipinski definition) is 6. The van der Waals surface area contributed by atoms with Crippen LogP contribution in [-0.4, -0.2) is 141 Å². The second-order valence-electron chi connectivity index (χ2n) is 15.3. The van der Waals surface area contributed by atoms with E-state index in [9.17, 15) is 19.2 Å². The number of hydrogen-bond acceptors (Lipinski definition) is 9. The third-order valence-corrected chi connectivity index (χ3v) is 9.23. The molecule has 380 valence electrons. The third kappa shape index (κ3) is 83.1. The zero-order valence-corrected chi connectivity index (χ0v) is 42.7. The van der Waals surface area contributed by atoms with Gasteiger partial charge in [0.25, 0.3) is 0 Å². The van der Waals surface area contributed by atoms with E-state index in [1.54, 1.807) is 19.0 Å². The number of carboxylic acids is 3. The van der Waals surface area contributed by atoms with Crippen molar-refractivity contribution in [2.24, 2.45) is 0 Å². The van der Waals surface area contributed by atoms with E-state index in [-0.39, 0.29) is 23.7 Å². The molecular weight excluding hydrogens is 805 g/mol. The molecule has 0 heterocycles. The van der Waals surface area contributed by atoms with Crippen LogP contribution < -0.4 is 26.0 Å². The van der Waals surface area contributed by atoms with Crippen molar-refractivity contribution >= 4 is 29.7 Å². The van der Waals surface area contributed by atoms with Crippen LogP contribution in [0.1, 0.15) is 184 Å². The Morgan fingerprint density at radius 2 is 0.841 bits per heavy atom. The molecule has 0 aromatic heterocycles. The van der Waals surface area contributed by atoms with Gasteiger partial charge in [0.15, 0.2) is 0 Å². The lowest BCUT2D eigenvalue weighted by Gasteiger charge is -2.21. The average Bonchev–Trinajstić information content (AvgIpc) is 3.25. The van der Waals surface area contributed by atoms with Crippen LogP contribution in [0.15, 0.2) is 12.7 Å². The van der Waals surface area contributed by atoms with E-state index < -0.39 is 17.9 Å². The standard InChI is InChI=1S/2C12H26N2O.C11H23NO2.C8H19N.C3H4O2.C2H4O2.H2O/c2*1-4-6-9-14(10-7-5-2)11-8-12(15)13-3;1-3-5-8-12(9-6-4-2)10-7-11(13)14;1-3-5-7-9-8-6-4-2;1-2-3(4)5;1-2(3)4;/h2*4-11H2,1-3H3,(H,13,15);3-10H2,1-2H3,(H,13,14);9H,3-8H2,1-2H3;2H,1H2,(H,4,5);1H3,(H,3,4);1H2. The predicted molar refractivity (Wildman–Crippen MR) is 262 cm³/mol. The van der Waals surface area contributed by atoms with Gasteiger partial charge in [0.2, 0.25) is 11.8 Å². The first kappa shape index (κ1) is 74.2. The number of nitrogens with one attached hydrogen (secondary N) is 4. The minimum absolute atomic E-state index is 0. The van der Waals surface area contributed by atoms with Gasteiger partial charge >= 0.3 is 11.9 Å². The summed E-state index contributed by atoms with van der Waals surface area (Å²) in [6, 6.07) is 0. The number of amides is 2. The smallest absolute Gasteiger partial charge is 0.327 e. The maximum absolute atomic E-state index is 11.1. The normalized spacial score (nSPS) is 9.81. The fraction of sp³-hybridized carbons (Fsp3) is 0.854. The summed E-state index contributed by atoms with van der Waals surface area (Å²) in [5, 5.41) is 33.8. The first-order chi connectivity index (χ1) is 29.6. The van der Waals surface area contributed by atoms with Crippen LogP contribution in [0.5, 0.6) is 0 Å². The molecule has 0 aromatic carbocycles. The monoisotopic (exact) mass is 909 g/mol. The molecule has 0 aliphatic heterocycles. The van der Waals surface area contributed by atoms with Gasteiger partial charge in [-0.15, -0.1) is 0 Å². The summed E-state index contributed by atoms with van der Waals surface area (Å²) in [7, 11) is 3.41. The van der Waals surface area contributed by atoms with E-state index in [1.165, 1.54) is 129 Å². The van der Waals surface area contributed by atoms with Gasteiger partial charge in [-0.25, -0.2) is 4.79 Å². The van der Waals surface area contributed by atoms with Crippen LogP contribution in [0.4, 0.5) is 0 Å². The summed E-state index contributed by atoms with van der Waals surface area (Å²) in [6.07, 6.45) is 22.3. The van der Waals surface area contributed by atoms with Crippen molar-refractivity contribution in [3.8, 4) is 0 Å². The van der Waals surface area contributed by atoms with Gasteiger partial charge in [0, 0.05) is 45.7 Å². The van der Waals surface area contributed by atoms with Crippen molar-refractivity contribution in [3.63, 3.8) is 0 Å². The molecule has 0 radical (unpaired) electrons. The van der Waals surface area contributed by atoms with Gasteiger partial charge in [-0.1, -0.05) is 113 Å². The summed E-state index contributed by atoms with van der Waals surface area (Å²) in [5.74, 6) is -2.44. The van der Waals surface area contributed by atoms with Crippen LogP contribution in [0, 0.1) is 0 Å². The number of aliphatic carboxylic acids is 3. The van der Waals surface area contributed by atoms with Gasteiger partial charge in [0.1, 0.15) is 0 Å². The molecule has 15 nitrogen and oxygen atoms in total. The van der Waals surface area contributed by atoms with Crippen LogP contribution in [0.25, 0.3) is 0 Å². The molecular formula is C48H104N6O9. The maximum Gasteiger partial charge on any atom is 0.327 e. The highest BCUT2D eigenvalue weighted by Crippen LogP contribution is 2.01. The molecule has 0 aliphatic carbocycles. The molecule has 0 fully saturated rings. The number of rotatable bonds is 34. The number of carbonyl (C=O) groups excluding carboxylic acids is 3. The molecule has 2 amide bonds. The molecule has 0 aromatic rings. The van der Waals surface area contributed by atoms with Crippen molar-refractivity contribution in [1.29, 1.82) is 0 Å². The Hall–Kier alpha value is -3.11. The highest BCUT2D eigenvalue weighted by atomic mass is 16.4. The Morgan fingerprint density at radius 1 is 0.540 bits per heavy atom. The van der Waals surface area contributed by atoms with Crippen LogP contribution in [-0.2, 0) is 24.0 Å². The van der Waals surface area contributed by atoms with E-state index in [0.29, 0.717) is 19.4 Å². The van der Waals surface area contributed by atoms with Gasteiger partial charge in [-0.3, -0.25) is 14.4 Å². The molecule has 0 unspecified atom stereocenters. The van der Waals surface area contributed by atoms with E-state index in [0.717, 1.165) is 52.3 Å². The summed E-state index contributed by atoms with van der Waals surface area (Å²) < 4.78 is 0. The van der Waals surface area contributed by atoms with Gasteiger partial charge in [0.05, 0.1) is 32.5 Å². The Morgan fingerprint density at radius 3 is 1.11 bits per heavy atom. The topological polar surface area (TPSA) is 227 Å². The highest BCUT2D eigenvalue weighted by Gasteiger charge is 2.10. The zero-order chi connectivity index (χ0) is 48.7. The molecule has 0 saturated carbocycles. The second kappa shape index (κ2) is 65.5. The first-order valence-electron chi connectivity index (χ1n) is 24.3.